The smallest absolute Gasteiger partial charge is 0.220 e. The van der Waals surface area contributed by atoms with Crippen LogP contribution in [0.1, 0.15) is 200 Å². The van der Waals surface area contributed by atoms with Crippen molar-refractivity contribution >= 4 is 5.91 Å². The summed E-state index contributed by atoms with van der Waals surface area (Å²) in [5.41, 5.74) is 0. The number of hydrogen-bond acceptors (Lipinski definition) is 3. The molecular weight excluding hydrogens is 651 g/mol. The second-order valence-corrected chi connectivity index (χ2v) is 14.7. The minimum atomic E-state index is -0.881. The molecule has 0 heterocycles. The van der Waals surface area contributed by atoms with Crippen molar-refractivity contribution in [2.75, 3.05) is 6.61 Å². The Bertz CT molecular complexity index is 972. The first-order valence-corrected chi connectivity index (χ1v) is 22.3. The molecule has 0 rings (SSSR count). The summed E-state index contributed by atoms with van der Waals surface area (Å²) in [6.45, 7) is 4.16. The third-order valence-corrected chi connectivity index (χ3v) is 9.61. The van der Waals surface area contributed by atoms with Crippen LogP contribution in [0.15, 0.2) is 85.1 Å². The Kier molecular flexibility index (Phi) is 42.0. The van der Waals surface area contributed by atoms with E-state index in [0.29, 0.717) is 6.42 Å². The monoisotopic (exact) mass is 736 g/mol. The minimum Gasteiger partial charge on any atom is -0.394 e. The van der Waals surface area contributed by atoms with Crippen molar-refractivity contribution in [2.45, 2.75) is 212 Å². The summed E-state index contributed by atoms with van der Waals surface area (Å²) in [7, 11) is 0. The van der Waals surface area contributed by atoms with Gasteiger partial charge >= 0.3 is 0 Å². The molecule has 4 nitrogen and oxygen atoms in total. The van der Waals surface area contributed by atoms with Crippen molar-refractivity contribution in [3.63, 3.8) is 0 Å². The van der Waals surface area contributed by atoms with Gasteiger partial charge in [0.05, 0.1) is 18.8 Å². The number of amides is 1. The van der Waals surface area contributed by atoms with Crippen molar-refractivity contribution in [1.82, 2.24) is 5.32 Å². The van der Waals surface area contributed by atoms with Gasteiger partial charge in [-0.1, -0.05) is 202 Å². The highest BCUT2D eigenvalue weighted by atomic mass is 16.3. The normalized spacial score (nSPS) is 13.8. The molecule has 0 aliphatic rings. The zero-order chi connectivity index (χ0) is 38.6. The maximum atomic E-state index is 12.4. The van der Waals surface area contributed by atoms with Crippen molar-refractivity contribution in [1.29, 1.82) is 0 Å². The lowest BCUT2D eigenvalue weighted by atomic mass is 10.0. The van der Waals surface area contributed by atoms with Gasteiger partial charge in [0.1, 0.15) is 0 Å². The van der Waals surface area contributed by atoms with E-state index >= 15 is 0 Å². The number of hydrogen-bond donors (Lipinski definition) is 3. The van der Waals surface area contributed by atoms with E-state index in [1.165, 1.54) is 103 Å². The van der Waals surface area contributed by atoms with Crippen LogP contribution in [-0.4, -0.2) is 34.9 Å². The van der Waals surface area contributed by atoms with Crippen molar-refractivity contribution in [2.24, 2.45) is 0 Å². The van der Waals surface area contributed by atoms with E-state index in [1.807, 2.05) is 6.08 Å². The van der Waals surface area contributed by atoms with Crippen LogP contribution in [0.25, 0.3) is 0 Å². The molecule has 0 aromatic rings. The lowest BCUT2D eigenvalue weighted by Gasteiger charge is -2.19. The van der Waals surface area contributed by atoms with E-state index in [1.54, 1.807) is 6.08 Å². The van der Waals surface area contributed by atoms with Crippen LogP contribution >= 0.6 is 0 Å². The zero-order valence-corrected chi connectivity index (χ0v) is 34.8. The Labute approximate surface area is 329 Å². The number of nitrogens with one attached hydrogen (secondary N) is 1. The first kappa shape index (κ1) is 50.6. The molecule has 0 radical (unpaired) electrons. The molecule has 53 heavy (non-hydrogen) atoms. The molecular formula is C49H85NO3. The Hall–Kier alpha value is -2.43. The summed E-state index contributed by atoms with van der Waals surface area (Å²) in [5, 5.41) is 23.0. The quantitative estimate of drug-likeness (QED) is 0.0435. The van der Waals surface area contributed by atoms with Crippen LogP contribution in [0.4, 0.5) is 0 Å². The molecule has 2 atom stereocenters. The van der Waals surface area contributed by atoms with Crippen LogP contribution in [-0.2, 0) is 4.79 Å². The van der Waals surface area contributed by atoms with Gasteiger partial charge in [-0.15, -0.1) is 0 Å². The highest BCUT2D eigenvalue weighted by Gasteiger charge is 2.17. The zero-order valence-electron chi connectivity index (χ0n) is 34.8. The number of carbonyl (C=O) groups excluding carboxylic acids is 1. The fraction of sp³-hybridized carbons (Fsp3) is 0.694. The summed E-state index contributed by atoms with van der Waals surface area (Å²) >= 11 is 0. The van der Waals surface area contributed by atoms with E-state index < -0.39 is 12.1 Å². The molecule has 0 aliphatic heterocycles. The Morgan fingerprint density at radius 2 is 0.849 bits per heavy atom. The van der Waals surface area contributed by atoms with E-state index in [4.69, 9.17) is 0 Å². The lowest BCUT2D eigenvalue weighted by Crippen LogP contribution is -2.45. The average Bonchev–Trinajstić information content (AvgIpc) is 3.16. The molecule has 0 fully saturated rings. The number of aliphatic hydroxyl groups is 2. The summed E-state index contributed by atoms with van der Waals surface area (Å²) in [6.07, 6.45) is 64.1. The molecule has 1 amide bonds. The Morgan fingerprint density at radius 1 is 0.472 bits per heavy atom. The molecule has 3 N–H and O–H groups in total. The van der Waals surface area contributed by atoms with Crippen molar-refractivity contribution in [3.8, 4) is 0 Å². The fourth-order valence-electron chi connectivity index (χ4n) is 6.22. The number of rotatable bonds is 39. The van der Waals surface area contributed by atoms with Gasteiger partial charge in [0.25, 0.3) is 0 Å². The maximum Gasteiger partial charge on any atom is 0.220 e. The number of allylic oxidation sites excluding steroid dienone is 13. The number of carbonyl (C=O) groups is 1. The molecule has 304 valence electrons. The van der Waals surface area contributed by atoms with Gasteiger partial charge in [0.15, 0.2) is 0 Å². The van der Waals surface area contributed by atoms with E-state index in [9.17, 15) is 15.0 Å². The highest BCUT2D eigenvalue weighted by molar-refractivity contribution is 5.76. The largest absolute Gasteiger partial charge is 0.394 e. The Morgan fingerprint density at radius 3 is 1.32 bits per heavy atom. The van der Waals surface area contributed by atoms with Crippen molar-refractivity contribution < 1.29 is 15.0 Å². The van der Waals surface area contributed by atoms with E-state index in [-0.39, 0.29) is 12.5 Å². The number of aliphatic hydroxyl groups excluding tert-OH is 2. The van der Waals surface area contributed by atoms with E-state index in [2.05, 4.69) is 92.1 Å². The highest BCUT2D eigenvalue weighted by Crippen LogP contribution is 2.14. The molecule has 0 aliphatic carbocycles. The lowest BCUT2D eigenvalue weighted by molar-refractivity contribution is -0.123. The first-order valence-electron chi connectivity index (χ1n) is 22.3. The molecule has 0 aromatic carbocycles. The molecule has 0 bridgehead atoms. The van der Waals surface area contributed by atoms with Crippen LogP contribution < -0.4 is 5.32 Å². The first-order chi connectivity index (χ1) is 26.2. The Balaban J connectivity index is 3.70. The van der Waals surface area contributed by atoms with Gasteiger partial charge in [-0.05, 0) is 77.0 Å². The van der Waals surface area contributed by atoms with Crippen LogP contribution in [0.3, 0.4) is 0 Å². The van der Waals surface area contributed by atoms with Crippen LogP contribution in [0.2, 0.25) is 0 Å². The topological polar surface area (TPSA) is 69.6 Å². The predicted molar refractivity (Wildman–Crippen MR) is 234 cm³/mol. The van der Waals surface area contributed by atoms with Crippen molar-refractivity contribution in [3.05, 3.63) is 85.1 Å². The fourth-order valence-corrected chi connectivity index (χ4v) is 6.22. The number of unbranched alkanes of at least 4 members (excludes halogenated alkanes) is 20. The summed E-state index contributed by atoms with van der Waals surface area (Å²) < 4.78 is 0. The van der Waals surface area contributed by atoms with Gasteiger partial charge in [0.2, 0.25) is 5.91 Å². The molecule has 2 unspecified atom stereocenters. The van der Waals surface area contributed by atoms with Gasteiger partial charge < -0.3 is 15.5 Å². The molecule has 4 heteroatoms. The maximum absolute atomic E-state index is 12.4. The summed E-state index contributed by atoms with van der Waals surface area (Å²) in [4.78, 5) is 12.4. The summed E-state index contributed by atoms with van der Waals surface area (Å²) in [5.74, 6) is -0.108. The minimum absolute atomic E-state index is 0.108. The van der Waals surface area contributed by atoms with Gasteiger partial charge in [-0.2, -0.15) is 0 Å². The average molecular weight is 736 g/mol. The molecule has 0 spiro atoms. The standard InChI is InChI=1S/C49H85NO3/c1-3-5-7-9-11-13-15-17-19-21-23-24-25-27-28-30-32-34-36-38-40-42-44-48(52)47(46-51)50-49(53)45-43-41-39-37-35-33-31-29-26-22-20-18-16-14-12-10-8-6-4-2/h6,8,12,14,18,20,26,29,33-36,42,44,47-48,51-52H,3-5,7,9-11,13,15-17,19,21-25,27-28,30-32,37-41,43,45-46H2,1-2H3,(H,50,53)/b8-6-,14-12-,20-18-,29-26-,35-33-,36-34+,44-42+. The predicted octanol–water partition coefficient (Wildman–Crippen LogP) is 14.1. The molecule has 0 aromatic heterocycles. The third kappa shape index (κ3) is 40.6. The van der Waals surface area contributed by atoms with Gasteiger partial charge in [-0.25, -0.2) is 0 Å². The second kappa shape index (κ2) is 44.0. The van der Waals surface area contributed by atoms with Gasteiger partial charge in [0, 0.05) is 6.42 Å². The SMILES string of the molecule is CC/C=C\C/C=C\C/C=C\C/C=C\C/C=C\CCCCCC(=O)NC(CO)C(O)/C=C/CC/C=C/CCCCCCCCCCCCCCCCCC. The third-order valence-electron chi connectivity index (χ3n) is 9.61. The van der Waals surface area contributed by atoms with Crippen LogP contribution in [0, 0.1) is 0 Å². The molecule has 0 saturated carbocycles. The van der Waals surface area contributed by atoms with Crippen LogP contribution in [0.5, 0.6) is 0 Å². The second-order valence-electron chi connectivity index (χ2n) is 14.7. The van der Waals surface area contributed by atoms with Gasteiger partial charge in [-0.3, -0.25) is 4.79 Å². The summed E-state index contributed by atoms with van der Waals surface area (Å²) in [6, 6.07) is -0.662. The van der Waals surface area contributed by atoms with E-state index in [0.717, 1.165) is 77.0 Å². The molecule has 0 saturated heterocycles.